The number of phenolic OH excluding ortho intramolecular Hbond substituents is 1. The van der Waals surface area contributed by atoms with Crippen molar-refractivity contribution < 1.29 is 5.11 Å². The summed E-state index contributed by atoms with van der Waals surface area (Å²) in [7, 11) is 0. The molecular weight excluding hydrogens is 258 g/mol. The monoisotopic (exact) mass is 267 g/mol. The van der Waals surface area contributed by atoms with Crippen LogP contribution in [0.4, 0.5) is 0 Å². The van der Waals surface area contributed by atoms with E-state index in [9.17, 15) is 9.90 Å². The van der Waals surface area contributed by atoms with Crippen molar-refractivity contribution in [2.75, 3.05) is 0 Å². The Hall–Kier alpha value is -2.33. The van der Waals surface area contributed by atoms with Crippen molar-refractivity contribution in [2.24, 2.45) is 0 Å². The number of pyridine rings is 1. The molecule has 0 spiro atoms. The average Bonchev–Trinajstić information content (AvgIpc) is 2.78. The fourth-order valence-corrected chi connectivity index (χ4v) is 3.59. The van der Waals surface area contributed by atoms with Crippen molar-refractivity contribution in [1.82, 2.24) is 4.98 Å². The molecule has 2 aromatic carbocycles. The Morgan fingerprint density at radius 2 is 1.89 bits per heavy atom. The van der Waals surface area contributed by atoms with Crippen LogP contribution in [0.5, 0.6) is 5.75 Å². The van der Waals surface area contributed by atoms with E-state index in [0.29, 0.717) is 4.70 Å². The predicted molar refractivity (Wildman–Crippen MR) is 79.1 cm³/mol. The lowest BCUT2D eigenvalue weighted by Gasteiger charge is -2.00. The summed E-state index contributed by atoms with van der Waals surface area (Å²) in [5.74, 6) is 0.219. The number of nitrogens with one attached hydrogen (secondary N) is 1. The first-order chi connectivity index (χ1) is 9.24. The number of aromatic hydroxyl groups is 1. The van der Waals surface area contributed by atoms with Crippen molar-refractivity contribution in [2.45, 2.75) is 0 Å². The molecule has 4 rings (SSSR count). The van der Waals surface area contributed by atoms with Crippen LogP contribution in [-0.4, -0.2) is 10.1 Å². The molecule has 0 fully saturated rings. The van der Waals surface area contributed by atoms with E-state index in [2.05, 4.69) is 4.98 Å². The molecule has 0 saturated heterocycles. The van der Waals surface area contributed by atoms with E-state index in [1.807, 2.05) is 30.3 Å². The summed E-state index contributed by atoms with van der Waals surface area (Å²) in [6, 6.07) is 13.0. The minimum Gasteiger partial charge on any atom is -0.508 e. The van der Waals surface area contributed by atoms with Gasteiger partial charge < -0.3 is 10.1 Å². The Morgan fingerprint density at radius 3 is 2.79 bits per heavy atom. The molecule has 0 amide bonds. The maximum Gasteiger partial charge on any atom is 0.266 e. The number of hydrogen-bond acceptors (Lipinski definition) is 3. The third-order valence-electron chi connectivity index (χ3n) is 3.32. The highest BCUT2D eigenvalue weighted by molar-refractivity contribution is 7.26. The number of fused-ring (bicyclic) bond motifs is 5. The molecule has 2 heterocycles. The fourth-order valence-electron chi connectivity index (χ4n) is 2.50. The number of para-hydroxylation sites is 1. The van der Waals surface area contributed by atoms with Gasteiger partial charge in [-0.3, -0.25) is 4.79 Å². The van der Waals surface area contributed by atoms with Crippen LogP contribution in [0.3, 0.4) is 0 Å². The molecular formula is C15H9NO2S. The molecule has 0 aliphatic carbocycles. The molecule has 0 bridgehead atoms. The first-order valence-corrected chi connectivity index (χ1v) is 6.72. The second kappa shape index (κ2) is 3.59. The predicted octanol–water partition coefficient (Wildman–Crippen LogP) is 3.60. The molecule has 4 heteroatoms. The third-order valence-corrected chi connectivity index (χ3v) is 4.49. The van der Waals surface area contributed by atoms with Gasteiger partial charge in [-0.05, 0) is 24.3 Å². The maximum absolute atomic E-state index is 12.1. The zero-order chi connectivity index (χ0) is 13.0. The summed E-state index contributed by atoms with van der Waals surface area (Å²) in [5, 5.41) is 12.5. The lowest BCUT2D eigenvalue weighted by molar-refractivity contribution is 0.476. The number of aromatic amines is 1. The van der Waals surface area contributed by atoms with Crippen molar-refractivity contribution in [3.05, 3.63) is 52.8 Å². The van der Waals surface area contributed by atoms with Crippen molar-refractivity contribution in [3.63, 3.8) is 0 Å². The van der Waals surface area contributed by atoms with Crippen LogP contribution < -0.4 is 5.56 Å². The SMILES string of the molecule is O=c1[nH]c2ccccc2c2c1sc1ccc(O)cc12. The molecule has 0 saturated carbocycles. The molecule has 2 aromatic heterocycles. The van der Waals surface area contributed by atoms with Gasteiger partial charge in [0.1, 0.15) is 10.4 Å². The van der Waals surface area contributed by atoms with Crippen molar-refractivity contribution in [3.8, 4) is 5.75 Å². The number of aromatic nitrogens is 1. The molecule has 0 aliphatic heterocycles. The van der Waals surface area contributed by atoms with E-state index >= 15 is 0 Å². The second-order valence-corrected chi connectivity index (χ2v) is 5.54. The maximum atomic E-state index is 12.1. The Bertz CT molecular complexity index is 997. The largest absolute Gasteiger partial charge is 0.508 e. The first-order valence-electron chi connectivity index (χ1n) is 5.90. The quantitative estimate of drug-likeness (QED) is 0.511. The highest BCUT2D eigenvalue weighted by Crippen LogP contribution is 2.37. The van der Waals surface area contributed by atoms with Gasteiger partial charge in [0.15, 0.2) is 0 Å². The summed E-state index contributed by atoms with van der Waals surface area (Å²) in [6.07, 6.45) is 0. The Labute approximate surface area is 111 Å². The molecule has 0 aliphatic rings. The Balaban J connectivity index is 2.42. The Kier molecular flexibility index (Phi) is 2.00. The minimum absolute atomic E-state index is 0.0746. The molecule has 0 atom stereocenters. The number of hydrogen-bond donors (Lipinski definition) is 2. The van der Waals surface area contributed by atoms with E-state index in [0.717, 1.165) is 26.4 Å². The summed E-state index contributed by atoms with van der Waals surface area (Å²) in [4.78, 5) is 15.0. The Morgan fingerprint density at radius 1 is 1.05 bits per heavy atom. The minimum atomic E-state index is -0.0746. The van der Waals surface area contributed by atoms with Crippen LogP contribution in [0.2, 0.25) is 0 Å². The fraction of sp³-hybridized carbons (Fsp3) is 0. The summed E-state index contributed by atoms with van der Waals surface area (Å²) < 4.78 is 1.72. The average molecular weight is 267 g/mol. The highest BCUT2D eigenvalue weighted by atomic mass is 32.1. The topological polar surface area (TPSA) is 53.1 Å². The number of rotatable bonds is 0. The van der Waals surface area contributed by atoms with Crippen LogP contribution in [0.25, 0.3) is 31.1 Å². The second-order valence-electron chi connectivity index (χ2n) is 4.49. The van der Waals surface area contributed by atoms with E-state index in [4.69, 9.17) is 0 Å². The summed E-state index contributed by atoms with van der Waals surface area (Å²) >= 11 is 1.46. The summed E-state index contributed by atoms with van der Waals surface area (Å²) in [5.41, 5.74) is 0.748. The van der Waals surface area contributed by atoms with Crippen LogP contribution >= 0.6 is 11.3 Å². The van der Waals surface area contributed by atoms with Gasteiger partial charge in [0, 0.05) is 26.4 Å². The van der Waals surface area contributed by atoms with Gasteiger partial charge >= 0.3 is 0 Å². The number of phenols is 1. The lowest BCUT2D eigenvalue weighted by atomic mass is 10.1. The van der Waals surface area contributed by atoms with E-state index in [-0.39, 0.29) is 11.3 Å². The van der Waals surface area contributed by atoms with Crippen molar-refractivity contribution in [1.29, 1.82) is 0 Å². The summed E-state index contributed by atoms with van der Waals surface area (Å²) in [6.45, 7) is 0. The van der Waals surface area contributed by atoms with E-state index in [1.165, 1.54) is 11.3 Å². The zero-order valence-corrected chi connectivity index (χ0v) is 10.6. The molecule has 2 N–H and O–H groups in total. The van der Waals surface area contributed by atoms with Gasteiger partial charge in [-0.25, -0.2) is 0 Å². The normalized spacial score (nSPS) is 11.6. The molecule has 0 radical (unpaired) electrons. The number of benzene rings is 2. The van der Waals surface area contributed by atoms with Gasteiger partial charge in [0.05, 0.1) is 0 Å². The van der Waals surface area contributed by atoms with Gasteiger partial charge in [-0.15, -0.1) is 11.3 Å². The molecule has 4 aromatic rings. The van der Waals surface area contributed by atoms with Crippen LogP contribution in [0.1, 0.15) is 0 Å². The van der Waals surface area contributed by atoms with Gasteiger partial charge in [0.25, 0.3) is 5.56 Å². The van der Waals surface area contributed by atoms with Gasteiger partial charge in [-0.1, -0.05) is 18.2 Å². The zero-order valence-electron chi connectivity index (χ0n) is 9.81. The number of thiophene rings is 1. The van der Waals surface area contributed by atoms with Crippen LogP contribution in [0, 0.1) is 0 Å². The molecule has 0 unspecified atom stereocenters. The highest BCUT2D eigenvalue weighted by Gasteiger charge is 2.12. The van der Waals surface area contributed by atoms with Gasteiger partial charge in [0.2, 0.25) is 0 Å². The first kappa shape index (κ1) is 10.6. The number of H-pyrrole nitrogens is 1. The van der Waals surface area contributed by atoms with E-state index in [1.54, 1.807) is 12.1 Å². The molecule has 92 valence electrons. The van der Waals surface area contributed by atoms with Gasteiger partial charge in [-0.2, -0.15) is 0 Å². The third kappa shape index (κ3) is 1.40. The standard InChI is InChI=1S/C15H9NO2S/c17-8-5-6-12-10(7-8)13-9-3-1-2-4-11(9)16-15(18)14(13)19-12/h1-7,17H,(H,16,18). The van der Waals surface area contributed by atoms with Crippen molar-refractivity contribution >= 4 is 42.4 Å². The smallest absolute Gasteiger partial charge is 0.266 e. The molecule has 3 nitrogen and oxygen atoms in total. The van der Waals surface area contributed by atoms with E-state index < -0.39 is 0 Å². The van der Waals surface area contributed by atoms with Crippen LogP contribution in [0.15, 0.2) is 47.3 Å². The van der Waals surface area contributed by atoms with Crippen LogP contribution in [-0.2, 0) is 0 Å². The molecule has 19 heavy (non-hydrogen) atoms. The lowest BCUT2D eigenvalue weighted by Crippen LogP contribution is -2.03.